The zero-order chi connectivity index (χ0) is 11.6. The first-order valence-corrected chi connectivity index (χ1v) is 5.77. The van der Waals surface area contributed by atoms with Crippen molar-refractivity contribution >= 4 is 0 Å². The van der Waals surface area contributed by atoms with Crippen LogP contribution in [0.15, 0.2) is 18.5 Å². The van der Waals surface area contributed by atoms with Gasteiger partial charge in [-0.2, -0.15) is 5.10 Å². The van der Waals surface area contributed by atoms with Gasteiger partial charge in [0.2, 0.25) is 0 Å². The second kappa shape index (κ2) is 8.27. The van der Waals surface area contributed by atoms with Crippen molar-refractivity contribution in [1.29, 1.82) is 0 Å². The number of aryl methyl sites for hydroxylation is 1. The third kappa shape index (κ3) is 5.85. The first-order chi connectivity index (χ1) is 7.83. The summed E-state index contributed by atoms with van der Waals surface area (Å²) in [6.07, 6.45) is 4.32. The molecule has 0 fully saturated rings. The van der Waals surface area contributed by atoms with Crippen LogP contribution in [0.5, 0.6) is 0 Å². The molecule has 0 aliphatic carbocycles. The standard InChI is InChI=1S/C11H21N3O2/c1-2-16-10-11(15)9-12-5-3-7-14-8-4-6-13-14/h4,6,8,11-12,15H,2-3,5,7,9-10H2,1H3. The van der Waals surface area contributed by atoms with E-state index in [1.807, 2.05) is 23.9 Å². The Morgan fingerprint density at radius 1 is 1.56 bits per heavy atom. The maximum Gasteiger partial charge on any atom is 0.0897 e. The van der Waals surface area contributed by atoms with Gasteiger partial charge in [-0.25, -0.2) is 0 Å². The van der Waals surface area contributed by atoms with E-state index in [9.17, 15) is 5.11 Å². The van der Waals surface area contributed by atoms with E-state index in [0.717, 1.165) is 19.5 Å². The number of aromatic nitrogens is 2. The molecule has 0 saturated carbocycles. The van der Waals surface area contributed by atoms with Gasteiger partial charge in [0.05, 0.1) is 12.7 Å². The van der Waals surface area contributed by atoms with Crippen molar-refractivity contribution in [1.82, 2.24) is 15.1 Å². The van der Waals surface area contributed by atoms with Crippen LogP contribution >= 0.6 is 0 Å². The van der Waals surface area contributed by atoms with Crippen molar-refractivity contribution in [2.45, 2.75) is 26.0 Å². The molecule has 16 heavy (non-hydrogen) atoms. The summed E-state index contributed by atoms with van der Waals surface area (Å²) >= 11 is 0. The minimum absolute atomic E-state index is 0.405. The number of hydrogen-bond donors (Lipinski definition) is 2. The van der Waals surface area contributed by atoms with E-state index in [1.165, 1.54) is 0 Å². The van der Waals surface area contributed by atoms with Crippen LogP contribution in [0.2, 0.25) is 0 Å². The van der Waals surface area contributed by atoms with Crippen LogP contribution in [0.25, 0.3) is 0 Å². The van der Waals surface area contributed by atoms with Crippen molar-refractivity contribution in [2.75, 3.05) is 26.3 Å². The van der Waals surface area contributed by atoms with E-state index in [1.54, 1.807) is 6.20 Å². The molecule has 1 aromatic heterocycles. The van der Waals surface area contributed by atoms with E-state index in [-0.39, 0.29) is 0 Å². The van der Waals surface area contributed by atoms with E-state index >= 15 is 0 Å². The average Bonchev–Trinajstić information content (AvgIpc) is 2.79. The fourth-order valence-electron chi connectivity index (χ4n) is 1.38. The molecule has 0 aromatic carbocycles. The molecule has 92 valence electrons. The number of nitrogens with zero attached hydrogens (tertiary/aromatic N) is 2. The molecular formula is C11H21N3O2. The lowest BCUT2D eigenvalue weighted by atomic mass is 10.3. The molecule has 1 rings (SSSR count). The largest absolute Gasteiger partial charge is 0.389 e. The van der Waals surface area contributed by atoms with Crippen LogP contribution in [0, 0.1) is 0 Å². The molecule has 0 spiro atoms. The molecule has 0 radical (unpaired) electrons. The Labute approximate surface area is 96.4 Å². The van der Waals surface area contributed by atoms with Crippen LogP contribution in [0.4, 0.5) is 0 Å². The monoisotopic (exact) mass is 227 g/mol. The highest BCUT2D eigenvalue weighted by Crippen LogP contribution is 1.88. The Kier molecular flexibility index (Phi) is 6.80. The number of nitrogens with one attached hydrogen (secondary N) is 1. The van der Waals surface area contributed by atoms with Crippen LogP contribution in [0.1, 0.15) is 13.3 Å². The number of aliphatic hydroxyl groups is 1. The zero-order valence-electron chi connectivity index (χ0n) is 9.80. The molecule has 5 nitrogen and oxygen atoms in total. The molecule has 1 aromatic rings. The van der Waals surface area contributed by atoms with E-state index in [2.05, 4.69) is 10.4 Å². The minimum atomic E-state index is -0.412. The maximum atomic E-state index is 9.46. The molecule has 0 saturated heterocycles. The summed E-state index contributed by atoms with van der Waals surface area (Å²) in [6.45, 7) is 5.34. The van der Waals surface area contributed by atoms with Crippen molar-refractivity contribution < 1.29 is 9.84 Å². The molecule has 0 bridgehead atoms. The lowest BCUT2D eigenvalue weighted by molar-refractivity contribution is 0.0429. The van der Waals surface area contributed by atoms with Crippen molar-refractivity contribution in [2.24, 2.45) is 0 Å². The van der Waals surface area contributed by atoms with Gasteiger partial charge in [-0.3, -0.25) is 4.68 Å². The maximum absolute atomic E-state index is 9.46. The van der Waals surface area contributed by atoms with Gasteiger partial charge < -0.3 is 15.2 Å². The van der Waals surface area contributed by atoms with Crippen LogP contribution < -0.4 is 5.32 Å². The van der Waals surface area contributed by atoms with Gasteiger partial charge in [0, 0.05) is 32.1 Å². The fourth-order valence-corrected chi connectivity index (χ4v) is 1.38. The molecule has 1 atom stereocenters. The van der Waals surface area contributed by atoms with Gasteiger partial charge in [0.15, 0.2) is 0 Å². The Morgan fingerprint density at radius 2 is 2.44 bits per heavy atom. The Bertz CT molecular complexity index is 252. The van der Waals surface area contributed by atoms with Crippen molar-refractivity contribution in [3.8, 4) is 0 Å². The minimum Gasteiger partial charge on any atom is -0.389 e. The van der Waals surface area contributed by atoms with E-state index < -0.39 is 6.10 Å². The van der Waals surface area contributed by atoms with Gasteiger partial charge in [0.1, 0.15) is 0 Å². The molecule has 0 aliphatic rings. The van der Waals surface area contributed by atoms with Crippen LogP contribution in [-0.2, 0) is 11.3 Å². The summed E-state index contributed by atoms with van der Waals surface area (Å²) in [5.74, 6) is 0. The molecule has 0 aliphatic heterocycles. The summed E-state index contributed by atoms with van der Waals surface area (Å²) in [7, 11) is 0. The topological polar surface area (TPSA) is 59.3 Å². The second-order valence-electron chi connectivity index (χ2n) is 3.64. The SMILES string of the molecule is CCOCC(O)CNCCCn1cccn1. The number of hydrogen-bond acceptors (Lipinski definition) is 4. The first kappa shape index (κ1) is 13.2. The molecule has 0 amide bonds. The predicted octanol–water partition coefficient (Wildman–Crippen LogP) is 0.260. The predicted molar refractivity (Wildman–Crippen MR) is 62.2 cm³/mol. The van der Waals surface area contributed by atoms with Gasteiger partial charge in [-0.1, -0.05) is 0 Å². The smallest absolute Gasteiger partial charge is 0.0897 e. The summed E-state index contributed by atoms with van der Waals surface area (Å²) in [4.78, 5) is 0. The number of aliphatic hydroxyl groups excluding tert-OH is 1. The van der Waals surface area contributed by atoms with Crippen molar-refractivity contribution in [3.05, 3.63) is 18.5 Å². The molecule has 5 heteroatoms. The summed E-state index contributed by atoms with van der Waals surface area (Å²) in [6, 6.07) is 1.92. The number of ether oxygens (including phenoxy) is 1. The molecule has 1 unspecified atom stereocenters. The quantitative estimate of drug-likeness (QED) is 0.594. The lowest BCUT2D eigenvalue weighted by Gasteiger charge is -2.11. The van der Waals surface area contributed by atoms with Gasteiger partial charge in [-0.05, 0) is 26.0 Å². The van der Waals surface area contributed by atoms with Gasteiger partial charge in [0.25, 0.3) is 0 Å². The normalized spacial score (nSPS) is 12.9. The Balaban J connectivity index is 1.91. The third-order valence-electron chi connectivity index (χ3n) is 2.19. The highest BCUT2D eigenvalue weighted by atomic mass is 16.5. The van der Waals surface area contributed by atoms with Gasteiger partial charge >= 0.3 is 0 Å². The molecular weight excluding hydrogens is 206 g/mol. The highest BCUT2D eigenvalue weighted by molar-refractivity contribution is 4.77. The van der Waals surface area contributed by atoms with Gasteiger partial charge in [-0.15, -0.1) is 0 Å². The second-order valence-corrected chi connectivity index (χ2v) is 3.64. The van der Waals surface area contributed by atoms with Crippen LogP contribution in [-0.4, -0.2) is 47.3 Å². The fraction of sp³-hybridized carbons (Fsp3) is 0.727. The lowest BCUT2D eigenvalue weighted by Crippen LogP contribution is -2.31. The molecule has 2 N–H and O–H groups in total. The van der Waals surface area contributed by atoms with E-state index in [0.29, 0.717) is 19.8 Å². The van der Waals surface area contributed by atoms with E-state index in [4.69, 9.17) is 4.74 Å². The summed E-state index contributed by atoms with van der Waals surface area (Å²) in [5, 5.41) is 16.8. The molecule has 1 heterocycles. The van der Waals surface area contributed by atoms with Crippen LogP contribution in [0.3, 0.4) is 0 Å². The third-order valence-corrected chi connectivity index (χ3v) is 2.19. The van der Waals surface area contributed by atoms with Crippen molar-refractivity contribution in [3.63, 3.8) is 0 Å². The Morgan fingerprint density at radius 3 is 3.12 bits per heavy atom. The summed E-state index contributed by atoms with van der Waals surface area (Å²) < 4.78 is 7.01. The highest BCUT2D eigenvalue weighted by Gasteiger charge is 2.02. The zero-order valence-corrected chi connectivity index (χ0v) is 9.80. The average molecular weight is 227 g/mol. The first-order valence-electron chi connectivity index (χ1n) is 5.77. The summed E-state index contributed by atoms with van der Waals surface area (Å²) in [5.41, 5.74) is 0. The number of rotatable bonds is 9. The Hall–Kier alpha value is -0.910.